The molecule has 7 rings (SSSR count). The number of para-hydroxylation sites is 2. The first-order valence-electron chi connectivity index (χ1n) is 10.3. The summed E-state index contributed by atoms with van der Waals surface area (Å²) in [6.07, 6.45) is 0. The van der Waals surface area contributed by atoms with Crippen LogP contribution in [0.15, 0.2) is 97.1 Å². The van der Waals surface area contributed by atoms with E-state index in [1.807, 2.05) is 0 Å². The van der Waals surface area contributed by atoms with Gasteiger partial charge in [0.2, 0.25) is 5.52 Å². The molecular weight excluding hydrogens is 446 g/mol. The fourth-order valence-corrected chi connectivity index (χ4v) is 4.93. The number of hydrogen-bond acceptors (Lipinski definition) is 1. The van der Waals surface area contributed by atoms with Crippen LogP contribution in [0, 0.1) is 0 Å². The Hall–Kier alpha value is -3.50. The molecule has 0 aliphatic heterocycles. The van der Waals surface area contributed by atoms with E-state index < -0.39 is 0 Å². The van der Waals surface area contributed by atoms with E-state index in [0.29, 0.717) is 0 Å². The van der Waals surface area contributed by atoms with E-state index in [4.69, 9.17) is 5.10 Å². The second-order valence-corrected chi connectivity index (χ2v) is 7.95. The van der Waals surface area contributed by atoms with E-state index >= 15 is 0 Å². The number of nitrogens with zero attached hydrogens (tertiary/aromatic N) is 3. The van der Waals surface area contributed by atoms with Crippen molar-refractivity contribution in [2.24, 2.45) is 0 Å². The molecule has 4 heteroatoms. The minimum atomic E-state index is 0. The summed E-state index contributed by atoms with van der Waals surface area (Å²) in [6.45, 7) is 0.815. The van der Waals surface area contributed by atoms with E-state index in [1.165, 1.54) is 38.0 Å². The Balaban J connectivity index is 0.00000185. The van der Waals surface area contributed by atoms with Crippen LogP contribution in [0.2, 0.25) is 0 Å². The largest absolute Gasteiger partial charge is 0.309 e. The molecule has 3 nitrogen and oxygen atoms in total. The second-order valence-electron chi connectivity index (χ2n) is 7.95. The summed E-state index contributed by atoms with van der Waals surface area (Å²) in [5, 5.41) is 11.5. The molecule has 7 aromatic rings. The number of aromatic nitrogens is 3. The number of hydrogen-bond donors (Lipinski definition) is 0. The number of halogens is 1. The van der Waals surface area contributed by atoms with Gasteiger partial charge in [-0.05, 0) is 33.9 Å². The van der Waals surface area contributed by atoms with Gasteiger partial charge in [0.1, 0.15) is 12.1 Å². The van der Waals surface area contributed by atoms with E-state index in [-0.39, 0.29) is 17.0 Å². The van der Waals surface area contributed by atoms with Gasteiger partial charge in [0.15, 0.2) is 5.52 Å². The zero-order valence-corrected chi connectivity index (χ0v) is 18.4. The summed E-state index contributed by atoms with van der Waals surface area (Å²) in [5.41, 5.74) is 5.80. The van der Waals surface area contributed by atoms with Crippen molar-refractivity contribution in [1.82, 2.24) is 9.61 Å². The van der Waals surface area contributed by atoms with Crippen LogP contribution in [0.4, 0.5) is 0 Å². The first-order valence-corrected chi connectivity index (χ1v) is 10.3. The van der Waals surface area contributed by atoms with Crippen molar-refractivity contribution in [1.29, 1.82) is 0 Å². The zero-order chi connectivity index (χ0) is 19.7. The van der Waals surface area contributed by atoms with Gasteiger partial charge in [-0.1, -0.05) is 88.5 Å². The second kappa shape index (κ2) is 6.76. The molecule has 0 radical (unpaired) electrons. The van der Waals surface area contributed by atoms with Gasteiger partial charge in [-0.2, -0.15) is 0 Å². The van der Waals surface area contributed by atoms with Gasteiger partial charge in [0, 0.05) is 16.8 Å². The molecule has 0 amide bonds. The molecule has 0 atom stereocenters. The van der Waals surface area contributed by atoms with Crippen LogP contribution in [0.1, 0.15) is 5.56 Å². The van der Waals surface area contributed by atoms with Crippen LogP contribution in [0.3, 0.4) is 0 Å². The van der Waals surface area contributed by atoms with Crippen LogP contribution in [-0.4, -0.2) is 9.61 Å². The maximum absolute atomic E-state index is 5.18. The Bertz CT molecular complexity index is 1710. The topological polar surface area (TPSA) is 21.2 Å². The predicted molar refractivity (Wildman–Crippen MR) is 132 cm³/mol. The van der Waals surface area contributed by atoms with Crippen LogP contribution in [0.25, 0.3) is 49.1 Å². The first kappa shape index (κ1) is 18.3. The third kappa shape index (κ3) is 2.52. The molecule has 0 fully saturated rings. The Morgan fingerprint density at radius 3 is 2.29 bits per heavy atom. The van der Waals surface area contributed by atoms with E-state index in [9.17, 15) is 0 Å². The normalized spacial score (nSPS) is 11.7. The molecule has 0 saturated heterocycles. The first-order chi connectivity index (χ1) is 14.9. The fourth-order valence-electron chi connectivity index (χ4n) is 4.93. The average molecular weight is 465 g/mol. The van der Waals surface area contributed by atoms with Crippen molar-refractivity contribution in [2.45, 2.75) is 6.54 Å². The summed E-state index contributed by atoms with van der Waals surface area (Å²) in [4.78, 5) is 0. The van der Waals surface area contributed by atoms with Crippen molar-refractivity contribution < 1.29 is 4.57 Å². The van der Waals surface area contributed by atoms with Crippen molar-refractivity contribution >= 4 is 66.1 Å². The SMILES string of the molecule is Br.c1ccc(C[n+]2c3ccccc3n3nc4c(cc32)c2cccc3cccc4c32)cc1. The molecule has 0 unspecified atom stereocenters. The average Bonchev–Trinajstić information content (AvgIpc) is 3.28. The highest BCUT2D eigenvalue weighted by Crippen LogP contribution is 2.37. The van der Waals surface area contributed by atoms with Gasteiger partial charge in [0.05, 0.1) is 0 Å². The molecule has 2 aromatic heterocycles. The smallest absolute Gasteiger partial charge is 0.217 e. The third-order valence-electron chi connectivity index (χ3n) is 6.26. The summed E-state index contributed by atoms with van der Waals surface area (Å²) in [6, 6.07) is 34.6. The lowest BCUT2D eigenvalue weighted by Gasteiger charge is -2.00. The lowest BCUT2D eigenvalue weighted by atomic mass is 10.1. The summed E-state index contributed by atoms with van der Waals surface area (Å²) >= 11 is 0. The van der Waals surface area contributed by atoms with Crippen LogP contribution >= 0.6 is 17.0 Å². The number of imidazole rings is 1. The lowest BCUT2D eigenvalue weighted by molar-refractivity contribution is -0.636. The van der Waals surface area contributed by atoms with Crippen molar-refractivity contribution in [3.8, 4) is 0 Å². The van der Waals surface area contributed by atoms with Crippen molar-refractivity contribution in [3.63, 3.8) is 0 Å². The Morgan fingerprint density at radius 2 is 1.45 bits per heavy atom. The maximum atomic E-state index is 5.18. The Labute approximate surface area is 189 Å². The lowest BCUT2D eigenvalue weighted by Crippen LogP contribution is -2.34. The molecule has 0 aliphatic rings. The third-order valence-corrected chi connectivity index (χ3v) is 6.26. The van der Waals surface area contributed by atoms with Gasteiger partial charge in [-0.15, -0.1) is 17.0 Å². The fraction of sp³-hybridized carbons (Fsp3) is 0.0370. The van der Waals surface area contributed by atoms with Gasteiger partial charge < -0.3 is 0 Å². The van der Waals surface area contributed by atoms with Crippen molar-refractivity contribution in [2.75, 3.05) is 0 Å². The van der Waals surface area contributed by atoms with E-state index in [1.54, 1.807) is 0 Å². The summed E-state index contributed by atoms with van der Waals surface area (Å²) < 4.78 is 4.49. The number of benzene rings is 4. The van der Waals surface area contributed by atoms with Crippen LogP contribution < -0.4 is 4.57 Å². The van der Waals surface area contributed by atoms with Gasteiger partial charge in [-0.3, -0.25) is 0 Å². The van der Waals surface area contributed by atoms with Gasteiger partial charge in [0.25, 0.3) is 0 Å². The van der Waals surface area contributed by atoms with E-state index in [2.05, 4.69) is 106 Å². The van der Waals surface area contributed by atoms with Crippen LogP contribution in [-0.2, 0) is 6.54 Å². The monoisotopic (exact) mass is 464 g/mol. The molecule has 5 aromatic carbocycles. The Kier molecular flexibility index (Phi) is 3.99. The number of fused-ring (bicyclic) bond motifs is 6. The molecular formula is C27H19BrN3+. The molecule has 0 N–H and O–H groups in total. The minimum Gasteiger partial charge on any atom is -0.217 e. The molecule has 0 saturated carbocycles. The minimum absolute atomic E-state index is 0. The van der Waals surface area contributed by atoms with E-state index in [0.717, 1.165) is 23.2 Å². The molecule has 148 valence electrons. The van der Waals surface area contributed by atoms with Crippen LogP contribution in [0.5, 0.6) is 0 Å². The molecule has 2 heterocycles. The maximum Gasteiger partial charge on any atom is 0.309 e. The highest BCUT2D eigenvalue weighted by Gasteiger charge is 2.23. The quantitative estimate of drug-likeness (QED) is 0.275. The molecule has 0 aliphatic carbocycles. The highest BCUT2D eigenvalue weighted by molar-refractivity contribution is 8.93. The zero-order valence-electron chi connectivity index (χ0n) is 16.7. The molecule has 0 spiro atoms. The van der Waals surface area contributed by atoms with Gasteiger partial charge >= 0.3 is 5.65 Å². The van der Waals surface area contributed by atoms with Gasteiger partial charge in [-0.25, -0.2) is 4.57 Å². The summed E-state index contributed by atoms with van der Waals surface area (Å²) in [5.74, 6) is 0. The van der Waals surface area contributed by atoms with Crippen molar-refractivity contribution in [3.05, 3.63) is 103 Å². The molecule has 31 heavy (non-hydrogen) atoms. The predicted octanol–water partition coefficient (Wildman–Crippen LogP) is 6.30. The Morgan fingerprint density at radius 1 is 0.710 bits per heavy atom. The summed E-state index contributed by atoms with van der Waals surface area (Å²) in [7, 11) is 0. The molecule has 0 bridgehead atoms. The standard InChI is InChI=1S/C27H18N3.BrH/c1-2-8-18(9-3-1)17-29-23-14-4-5-15-24(23)30-25(29)16-22-20-12-6-10-19-11-7-13-21(26(19)20)27(22)28-30;/h1-16H,17H2;1H/q+1;. The number of rotatable bonds is 2. The highest BCUT2D eigenvalue weighted by atomic mass is 79.9.